The molecule has 0 fully saturated rings. The lowest BCUT2D eigenvalue weighted by Gasteiger charge is -2.23. The van der Waals surface area contributed by atoms with Crippen LogP contribution in [0.5, 0.6) is 0 Å². The van der Waals surface area contributed by atoms with E-state index in [4.69, 9.17) is 0 Å². The molecule has 68 valence electrons. The molecule has 1 aliphatic rings. The van der Waals surface area contributed by atoms with Crippen molar-refractivity contribution in [2.24, 2.45) is 11.8 Å². The first-order valence-corrected chi connectivity index (χ1v) is 4.92. The SMILES string of the molecule is CCCC1=CC(C=O)C(C)CC1. The Kier molecular flexibility index (Phi) is 3.51. The third-order valence-electron chi connectivity index (χ3n) is 2.73. The Bertz CT molecular complexity index is 181. The summed E-state index contributed by atoms with van der Waals surface area (Å²) in [6.07, 6.45) is 8.06. The Hall–Kier alpha value is -0.590. The number of hydrogen-bond donors (Lipinski definition) is 0. The zero-order valence-corrected chi connectivity index (χ0v) is 8.05. The van der Waals surface area contributed by atoms with Gasteiger partial charge >= 0.3 is 0 Å². The van der Waals surface area contributed by atoms with Crippen LogP contribution in [0.25, 0.3) is 0 Å². The van der Waals surface area contributed by atoms with Gasteiger partial charge in [-0.15, -0.1) is 0 Å². The largest absolute Gasteiger partial charge is 0.303 e. The summed E-state index contributed by atoms with van der Waals surface area (Å²) in [5.41, 5.74) is 1.49. The van der Waals surface area contributed by atoms with E-state index in [1.54, 1.807) is 0 Å². The second-order valence-electron chi connectivity index (χ2n) is 3.80. The standard InChI is InChI=1S/C11H18O/c1-3-4-10-6-5-9(2)11(7-10)8-12/h7-9,11H,3-6H2,1-2H3. The van der Waals surface area contributed by atoms with Gasteiger partial charge < -0.3 is 4.79 Å². The Labute approximate surface area is 74.9 Å². The van der Waals surface area contributed by atoms with Crippen molar-refractivity contribution >= 4 is 6.29 Å². The Morgan fingerprint density at radius 3 is 3.00 bits per heavy atom. The van der Waals surface area contributed by atoms with E-state index in [0.717, 1.165) is 6.29 Å². The topological polar surface area (TPSA) is 17.1 Å². The van der Waals surface area contributed by atoms with Crippen molar-refractivity contribution in [3.8, 4) is 0 Å². The van der Waals surface area contributed by atoms with E-state index in [0.29, 0.717) is 5.92 Å². The molecule has 0 amide bonds. The summed E-state index contributed by atoms with van der Waals surface area (Å²) >= 11 is 0. The monoisotopic (exact) mass is 166 g/mol. The fourth-order valence-corrected chi connectivity index (χ4v) is 1.83. The van der Waals surface area contributed by atoms with Crippen LogP contribution in [0.3, 0.4) is 0 Å². The zero-order chi connectivity index (χ0) is 8.97. The first kappa shape index (κ1) is 9.50. The summed E-state index contributed by atoms with van der Waals surface area (Å²) in [6, 6.07) is 0. The molecule has 2 unspecified atom stereocenters. The molecule has 0 saturated heterocycles. The summed E-state index contributed by atoms with van der Waals surface area (Å²) in [6.45, 7) is 4.35. The van der Waals surface area contributed by atoms with Gasteiger partial charge in [-0.05, 0) is 25.2 Å². The Morgan fingerprint density at radius 2 is 2.42 bits per heavy atom. The minimum absolute atomic E-state index is 0.195. The number of carbonyl (C=O) groups excluding carboxylic acids is 1. The van der Waals surface area contributed by atoms with E-state index in [1.807, 2.05) is 0 Å². The summed E-state index contributed by atoms with van der Waals surface area (Å²) in [7, 11) is 0. The van der Waals surface area contributed by atoms with Crippen molar-refractivity contribution in [3.63, 3.8) is 0 Å². The molecule has 1 heteroatoms. The molecule has 1 aliphatic carbocycles. The number of allylic oxidation sites excluding steroid dienone is 2. The third-order valence-corrected chi connectivity index (χ3v) is 2.73. The van der Waals surface area contributed by atoms with Gasteiger partial charge in [-0.3, -0.25) is 0 Å². The van der Waals surface area contributed by atoms with Gasteiger partial charge in [0.1, 0.15) is 6.29 Å². The molecule has 12 heavy (non-hydrogen) atoms. The van der Waals surface area contributed by atoms with Gasteiger partial charge in [0.05, 0.1) is 0 Å². The van der Waals surface area contributed by atoms with Crippen LogP contribution in [0.2, 0.25) is 0 Å². The van der Waals surface area contributed by atoms with Gasteiger partial charge in [-0.1, -0.05) is 31.9 Å². The second kappa shape index (κ2) is 4.44. The van der Waals surface area contributed by atoms with Crippen molar-refractivity contribution in [1.82, 2.24) is 0 Å². The normalized spacial score (nSPS) is 29.7. The Balaban J connectivity index is 2.59. The van der Waals surface area contributed by atoms with Crippen molar-refractivity contribution in [3.05, 3.63) is 11.6 Å². The molecule has 0 saturated carbocycles. The minimum atomic E-state index is 0.195. The third kappa shape index (κ3) is 2.20. The average Bonchev–Trinajstić information content (AvgIpc) is 2.09. The van der Waals surface area contributed by atoms with Gasteiger partial charge in [-0.25, -0.2) is 0 Å². The fraction of sp³-hybridized carbons (Fsp3) is 0.727. The van der Waals surface area contributed by atoms with Gasteiger partial charge in [0.25, 0.3) is 0 Å². The molecule has 0 spiro atoms. The van der Waals surface area contributed by atoms with Gasteiger partial charge in [0.2, 0.25) is 0 Å². The van der Waals surface area contributed by atoms with E-state index in [2.05, 4.69) is 19.9 Å². The van der Waals surface area contributed by atoms with Gasteiger partial charge in [-0.2, -0.15) is 0 Å². The highest BCUT2D eigenvalue weighted by molar-refractivity contribution is 5.57. The molecule has 0 N–H and O–H groups in total. The van der Waals surface area contributed by atoms with Crippen molar-refractivity contribution in [2.45, 2.75) is 39.5 Å². The van der Waals surface area contributed by atoms with Crippen LogP contribution in [0.15, 0.2) is 11.6 Å². The lowest BCUT2D eigenvalue weighted by Crippen LogP contribution is -2.16. The Morgan fingerprint density at radius 1 is 1.67 bits per heavy atom. The highest BCUT2D eigenvalue weighted by Gasteiger charge is 2.19. The van der Waals surface area contributed by atoms with Gasteiger partial charge in [0.15, 0.2) is 0 Å². The van der Waals surface area contributed by atoms with Crippen molar-refractivity contribution in [1.29, 1.82) is 0 Å². The summed E-state index contributed by atoms with van der Waals surface area (Å²) in [4.78, 5) is 10.7. The molecule has 2 atom stereocenters. The zero-order valence-electron chi connectivity index (χ0n) is 8.05. The van der Waals surface area contributed by atoms with E-state index in [9.17, 15) is 4.79 Å². The van der Waals surface area contributed by atoms with Crippen LogP contribution < -0.4 is 0 Å². The fourth-order valence-electron chi connectivity index (χ4n) is 1.83. The number of rotatable bonds is 3. The van der Waals surface area contributed by atoms with E-state index in [-0.39, 0.29) is 5.92 Å². The molecule has 1 rings (SSSR count). The second-order valence-corrected chi connectivity index (χ2v) is 3.80. The smallest absolute Gasteiger partial charge is 0.127 e. The van der Waals surface area contributed by atoms with Crippen LogP contribution in [-0.2, 0) is 4.79 Å². The lowest BCUT2D eigenvalue weighted by molar-refractivity contribution is -0.111. The number of carbonyl (C=O) groups is 1. The van der Waals surface area contributed by atoms with Crippen LogP contribution in [0.4, 0.5) is 0 Å². The van der Waals surface area contributed by atoms with E-state index in [1.165, 1.54) is 31.3 Å². The van der Waals surface area contributed by atoms with Crippen molar-refractivity contribution < 1.29 is 4.79 Å². The lowest BCUT2D eigenvalue weighted by atomic mass is 9.82. The average molecular weight is 166 g/mol. The van der Waals surface area contributed by atoms with Crippen LogP contribution in [0.1, 0.15) is 39.5 Å². The van der Waals surface area contributed by atoms with Gasteiger partial charge in [0, 0.05) is 5.92 Å². The van der Waals surface area contributed by atoms with Crippen LogP contribution >= 0.6 is 0 Å². The maximum Gasteiger partial charge on any atom is 0.127 e. The summed E-state index contributed by atoms with van der Waals surface area (Å²) in [5.74, 6) is 0.753. The van der Waals surface area contributed by atoms with E-state index >= 15 is 0 Å². The molecule has 0 radical (unpaired) electrons. The molecule has 0 aromatic heterocycles. The molecule has 0 aromatic carbocycles. The molecule has 0 aliphatic heterocycles. The first-order chi connectivity index (χ1) is 5.77. The number of aldehydes is 1. The highest BCUT2D eigenvalue weighted by atomic mass is 16.1. The first-order valence-electron chi connectivity index (χ1n) is 4.92. The minimum Gasteiger partial charge on any atom is -0.303 e. The molecule has 1 nitrogen and oxygen atoms in total. The quantitative estimate of drug-likeness (QED) is 0.465. The van der Waals surface area contributed by atoms with Crippen LogP contribution in [-0.4, -0.2) is 6.29 Å². The predicted octanol–water partition coefficient (Wildman–Crippen LogP) is 2.96. The highest BCUT2D eigenvalue weighted by Crippen LogP contribution is 2.29. The molecular formula is C11H18O. The van der Waals surface area contributed by atoms with Crippen LogP contribution in [0, 0.1) is 11.8 Å². The summed E-state index contributed by atoms with van der Waals surface area (Å²) in [5, 5.41) is 0. The molecule has 0 aromatic rings. The molecular weight excluding hydrogens is 148 g/mol. The molecule has 0 bridgehead atoms. The maximum atomic E-state index is 10.7. The van der Waals surface area contributed by atoms with E-state index < -0.39 is 0 Å². The summed E-state index contributed by atoms with van der Waals surface area (Å²) < 4.78 is 0. The number of hydrogen-bond acceptors (Lipinski definition) is 1. The molecule has 0 heterocycles. The predicted molar refractivity (Wildman–Crippen MR) is 50.9 cm³/mol. The maximum absolute atomic E-state index is 10.7. The van der Waals surface area contributed by atoms with Crippen molar-refractivity contribution in [2.75, 3.05) is 0 Å².